The molecule has 0 saturated carbocycles. The van der Waals surface area contributed by atoms with Gasteiger partial charge in [-0.25, -0.2) is 9.97 Å². The maximum Gasteiger partial charge on any atom is 0.229 e. The molecule has 0 spiro atoms. The normalized spacial score (nSPS) is 21.2. The lowest BCUT2D eigenvalue weighted by Crippen LogP contribution is -2.50. The van der Waals surface area contributed by atoms with Crippen molar-refractivity contribution in [3.63, 3.8) is 0 Å². The quantitative estimate of drug-likeness (QED) is 0.871. The van der Waals surface area contributed by atoms with Crippen LogP contribution in [0.15, 0.2) is 10.6 Å². The van der Waals surface area contributed by atoms with Crippen LogP contribution in [-0.2, 0) is 17.8 Å². The molecule has 1 aliphatic rings. The predicted octanol–water partition coefficient (Wildman–Crippen LogP) is 1.20. The predicted molar refractivity (Wildman–Crippen MR) is 86.6 cm³/mol. The van der Waals surface area contributed by atoms with Gasteiger partial charge in [0.15, 0.2) is 11.6 Å². The molecule has 24 heavy (non-hydrogen) atoms. The van der Waals surface area contributed by atoms with Gasteiger partial charge in [0.05, 0.1) is 12.0 Å². The van der Waals surface area contributed by atoms with Gasteiger partial charge in [0, 0.05) is 32.0 Å². The number of piperidine rings is 1. The van der Waals surface area contributed by atoms with Crippen LogP contribution in [-0.4, -0.2) is 51.0 Å². The second-order valence-corrected chi connectivity index (χ2v) is 6.38. The van der Waals surface area contributed by atoms with E-state index in [0.29, 0.717) is 43.5 Å². The molecule has 0 bridgehead atoms. The van der Waals surface area contributed by atoms with Gasteiger partial charge in [-0.05, 0) is 26.7 Å². The molecule has 8 heteroatoms. The maximum atomic E-state index is 11.0. The number of aromatic nitrogens is 4. The van der Waals surface area contributed by atoms with Gasteiger partial charge >= 0.3 is 0 Å². The highest BCUT2D eigenvalue weighted by Crippen LogP contribution is 2.28. The van der Waals surface area contributed by atoms with E-state index in [9.17, 15) is 5.11 Å². The molecular weight excluding hydrogens is 310 g/mol. The third kappa shape index (κ3) is 3.88. The molecule has 2 aromatic heterocycles. The average molecular weight is 333 g/mol. The number of methoxy groups -OCH3 is 1. The van der Waals surface area contributed by atoms with Crippen LogP contribution in [0.25, 0.3) is 0 Å². The van der Waals surface area contributed by atoms with E-state index in [0.717, 1.165) is 24.5 Å². The molecule has 130 valence electrons. The van der Waals surface area contributed by atoms with Crippen LogP contribution in [0.3, 0.4) is 0 Å². The number of aliphatic hydroxyl groups is 1. The van der Waals surface area contributed by atoms with Gasteiger partial charge in [0.1, 0.15) is 12.4 Å². The lowest BCUT2D eigenvalue weighted by molar-refractivity contribution is 0.0191. The molecule has 1 aliphatic heterocycles. The van der Waals surface area contributed by atoms with E-state index < -0.39 is 5.60 Å². The Balaban J connectivity index is 1.77. The number of aryl methyl sites for hydroxylation is 2. The number of rotatable bonds is 5. The fourth-order valence-corrected chi connectivity index (χ4v) is 3.11. The minimum atomic E-state index is -0.905. The third-order valence-electron chi connectivity index (χ3n) is 4.09. The van der Waals surface area contributed by atoms with Gasteiger partial charge in [-0.1, -0.05) is 5.16 Å². The Morgan fingerprint density at radius 2 is 2.17 bits per heavy atom. The number of anilines is 1. The smallest absolute Gasteiger partial charge is 0.229 e. The fourth-order valence-electron chi connectivity index (χ4n) is 3.11. The highest BCUT2D eigenvalue weighted by molar-refractivity contribution is 5.41. The van der Waals surface area contributed by atoms with E-state index in [2.05, 4.69) is 25.0 Å². The molecule has 8 nitrogen and oxygen atoms in total. The summed E-state index contributed by atoms with van der Waals surface area (Å²) >= 11 is 0. The zero-order valence-electron chi connectivity index (χ0n) is 14.3. The number of hydrogen-bond donors (Lipinski definition) is 1. The Morgan fingerprint density at radius 3 is 2.88 bits per heavy atom. The molecule has 1 saturated heterocycles. The van der Waals surface area contributed by atoms with Crippen molar-refractivity contribution in [2.45, 2.75) is 45.3 Å². The first-order valence-electron chi connectivity index (χ1n) is 8.07. The van der Waals surface area contributed by atoms with Gasteiger partial charge in [0.2, 0.25) is 5.89 Å². The topological polar surface area (TPSA) is 97.4 Å². The summed E-state index contributed by atoms with van der Waals surface area (Å²) in [5, 5.41) is 14.8. The Hall–Kier alpha value is -2.06. The molecule has 1 unspecified atom stereocenters. The van der Waals surface area contributed by atoms with Crippen LogP contribution in [0.2, 0.25) is 0 Å². The number of hydrogen-bond acceptors (Lipinski definition) is 8. The SMILES string of the molecule is COCc1nc(C)cc(N2CCCC(O)(Cc3nc(C)no3)C2)n1. The summed E-state index contributed by atoms with van der Waals surface area (Å²) in [6.07, 6.45) is 1.91. The Kier molecular flexibility index (Phi) is 4.77. The summed E-state index contributed by atoms with van der Waals surface area (Å²) in [6, 6.07) is 1.93. The van der Waals surface area contributed by atoms with E-state index in [1.54, 1.807) is 14.0 Å². The van der Waals surface area contributed by atoms with Crippen molar-refractivity contribution in [1.29, 1.82) is 0 Å². The molecule has 2 aromatic rings. The number of β-amino-alcohol motifs (C(OH)–C–C–N with tert-alkyl or cyclic N) is 1. The monoisotopic (exact) mass is 333 g/mol. The van der Waals surface area contributed by atoms with Crippen LogP contribution in [0, 0.1) is 13.8 Å². The minimum absolute atomic E-state index is 0.347. The highest BCUT2D eigenvalue weighted by atomic mass is 16.5. The van der Waals surface area contributed by atoms with Crippen molar-refractivity contribution in [2.75, 3.05) is 25.1 Å². The van der Waals surface area contributed by atoms with Crippen molar-refractivity contribution >= 4 is 5.82 Å². The molecule has 0 aliphatic carbocycles. The molecule has 1 N–H and O–H groups in total. The summed E-state index contributed by atoms with van der Waals surface area (Å²) < 4.78 is 10.3. The van der Waals surface area contributed by atoms with Crippen LogP contribution < -0.4 is 4.90 Å². The van der Waals surface area contributed by atoms with Crippen molar-refractivity contribution in [2.24, 2.45) is 0 Å². The van der Waals surface area contributed by atoms with E-state index in [1.807, 2.05) is 13.0 Å². The molecule has 3 rings (SSSR count). The van der Waals surface area contributed by atoms with Gasteiger partial charge in [0.25, 0.3) is 0 Å². The lowest BCUT2D eigenvalue weighted by Gasteiger charge is -2.39. The maximum absolute atomic E-state index is 11.0. The zero-order valence-corrected chi connectivity index (χ0v) is 14.3. The van der Waals surface area contributed by atoms with Gasteiger partial charge < -0.3 is 19.3 Å². The van der Waals surface area contributed by atoms with Crippen LogP contribution >= 0.6 is 0 Å². The molecule has 0 radical (unpaired) electrons. The van der Waals surface area contributed by atoms with Gasteiger partial charge in [-0.2, -0.15) is 4.98 Å². The molecule has 1 fully saturated rings. The summed E-state index contributed by atoms with van der Waals surface area (Å²) in [4.78, 5) is 15.2. The Bertz CT molecular complexity index is 705. The highest BCUT2D eigenvalue weighted by Gasteiger charge is 2.36. The van der Waals surface area contributed by atoms with Crippen molar-refractivity contribution in [1.82, 2.24) is 20.1 Å². The van der Waals surface area contributed by atoms with Crippen molar-refractivity contribution in [3.8, 4) is 0 Å². The fraction of sp³-hybridized carbons (Fsp3) is 0.625. The first-order valence-corrected chi connectivity index (χ1v) is 8.07. The minimum Gasteiger partial charge on any atom is -0.388 e. The molecule has 0 amide bonds. The molecule has 1 atom stereocenters. The summed E-state index contributed by atoms with van der Waals surface area (Å²) in [5.74, 6) is 2.51. The molecule has 0 aromatic carbocycles. The van der Waals surface area contributed by atoms with Crippen molar-refractivity contribution < 1.29 is 14.4 Å². The average Bonchev–Trinajstić information content (AvgIpc) is 2.91. The van der Waals surface area contributed by atoms with Crippen LogP contribution in [0.1, 0.15) is 36.1 Å². The van der Waals surface area contributed by atoms with E-state index in [1.165, 1.54) is 0 Å². The van der Waals surface area contributed by atoms with Crippen molar-refractivity contribution in [3.05, 3.63) is 29.3 Å². The molecular formula is C16H23N5O3. The van der Waals surface area contributed by atoms with Gasteiger partial charge in [-0.3, -0.25) is 0 Å². The van der Waals surface area contributed by atoms with Crippen LogP contribution in [0.5, 0.6) is 0 Å². The zero-order chi connectivity index (χ0) is 17.2. The summed E-state index contributed by atoms with van der Waals surface area (Å²) in [5.41, 5.74) is -0.0222. The second-order valence-electron chi connectivity index (χ2n) is 6.38. The number of nitrogens with zero attached hydrogens (tertiary/aromatic N) is 5. The lowest BCUT2D eigenvalue weighted by atomic mass is 9.89. The third-order valence-corrected chi connectivity index (χ3v) is 4.09. The van der Waals surface area contributed by atoms with E-state index >= 15 is 0 Å². The van der Waals surface area contributed by atoms with Crippen LogP contribution in [0.4, 0.5) is 5.82 Å². The Labute approximate surface area is 140 Å². The largest absolute Gasteiger partial charge is 0.388 e. The van der Waals surface area contributed by atoms with Gasteiger partial charge in [-0.15, -0.1) is 0 Å². The summed E-state index contributed by atoms with van der Waals surface area (Å²) in [7, 11) is 1.62. The van der Waals surface area contributed by atoms with E-state index in [-0.39, 0.29) is 0 Å². The number of ether oxygens (including phenoxy) is 1. The first kappa shape index (κ1) is 16.8. The standard InChI is InChI=1S/C16H23N5O3/c1-11-7-14(19-13(17-11)9-23-3)21-6-4-5-16(22,10-21)8-15-18-12(2)20-24-15/h7,22H,4-6,8-10H2,1-3H3. The second kappa shape index (κ2) is 6.82. The van der Waals surface area contributed by atoms with E-state index in [4.69, 9.17) is 9.26 Å². The Morgan fingerprint density at radius 1 is 1.33 bits per heavy atom. The molecule has 3 heterocycles. The first-order chi connectivity index (χ1) is 11.5. The summed E-state index contributed by atoms with van der Waals surface area (Å²) in [6.45, 7) is 5.38.